The van der Waals surface area contributed by atoms with Gasteiger partial charge in [-0.25, -0.2) is 14.6 Å². The number of oxazole rings is 1. The van der Waals surface area contributed by atoms with Crippen molar-refractivity contribution in [2.45, 2.75) is 38.6 Å². The number of esters is 1. The second-order valence-electron chi connectivity index (χ2n) is 6.85. The van der Waals surface area contributed by atoms with E-state index in [1.807, 2.05) is 12.1 Å². The van der Waals surface area contributed by atoms with E-state index in [2.05, 4.69) is 22.5 Å². The summed E-state index contributed by atoms with van der Waals surface area (Å²) in [6.45, 7) is 1.53. The van der Waals surface area contributed by atoms with E-state index < -0.39 is 24.5 Å². The van der Waals surface area contributed by atoms with E-state index in [4.69, 9.17) is 9.15 Å². The van der Waals surface area contributed by atoms with Crippen LogP contribution in [0.3, 0.4) is 0 Å². The number of fused-ring (bicyclic) bond motifs is 1. The van der Waals surface area contributed by atoms with E-state index >= 15 is 0 Å². The number of aromatic nitrogens is 1. The smallest absolute Gasteiger partial charge is 0.331 e. The molecular weight excluding hydrogens is 362 g/mol. The molecule has 1 fully saturated rings. The molecule has 148 valence electrons. The summed E-state index contributed by atoms with van der Waals surface area (Å²) in [7, 11) is 0. The quantitative estimate of drug-likeness (QED) is 0.605. The fourth-order valence-electron chi connectivity index (χ4n) is 3.18. The van der Waals surface area contributed by atoms with E-state index in [0.29, 0.717) is 17.0 Å². The van der Waals surface area contributed by atoms with Gasteiger partial charge >= 0.3 is 12.0 Å². The Morgan fingerprint density at radius 3 is 2.82 bits per heavy atom. The molecule has 0 unspecified atom stereocenters. The molecule has 8 nitrogen and oxygen atoms in total. The Hall–Kier alpha value is -3.16. The van der Waals surface area contributed by atoms with Crippen molar-refractivity contribution < 1.29 is 23.5 Å². The summed E-state index contributed by atoms with van der Waals surface area (Å²) in [5.74, 6) is -0.795. The van der Waals surface area contributed by atoms with Crippen LogP contribution in [-0.2, 0) is 14.3 Å². The summed E-state index contributed by atoms with van der Waals surface area (Å²) in [6, 6.07) is 6.69. The average Bonchev–Trinajstić information content (AvgIpc) is 3.09. The van der Waals surface area contributed by atoms with E-state index in [1.54, 1.807) is 12.1 Å². The molecular formula is C20H23N3O5. The first-order valence-electron chi connectivity index (χ1n) is 9.32. The predicted octanol–water partition coefficient (Wildman–Crippen LogP) is 2.79. The van der Waals surface area contributed by atoms with Crippen LogP contribution in [-0.4, -0.2) is 35.5 Å². The maximum atomic E-state index is 11.9. The van der Waals surface area contributed by atoms with Gasteiger partial charge in [-0.05, 0) is 30.9 Å². The minimum absolute atomic E-state index is 0.0587. The Kier molecular flexibility index (Phi) is 6.41. The van der Waals surface area contributed by atoms with Gasteiger partial charge in [0.25, 0.3) is 5.91 Å². The van der Waals surface area contributed by atoms with Gasteiger partial charge in [0.1, 0.15) is 5.52 Å². The van der Waals surface area contributed by atoms with Crippen molar-refractivity contribution in [1.82, 2.24) is 15.6 Å². The number of hydrogen-bond acceptors (Lipinski definition) is 6. The maximum Gasteiger partial charge on any atom is 0.331 e. The second kappa shape index (κ2) is 9.16. The molecule has 3 amide bonds. The van der Waals surface area contributed by atoms with Gasteiger partial charge in [0.15, 0.2) is 12.2 Å². The van der Waals surface area contributed by atoms with Crippen molar-refractivity contribution in [3.8, 4) is 0 Å². The molecule has 1 aliphatic rings. The summed E-state index contributed by atoms with van der Waals surface area (Å²) in [5.41, 5.74) is 1.28. The molecule has 0 aliphatic heterocycles. The SMILES string of the molecule is C[C@H]1CCCC[C@@H]1NC(=O)NC(=O)COC(=O)/C=C/c1nc2ccccc2o1. The van der Waals surface area contributed by atoms with E-state index in [-0.39, 0.29) is 11.9 Å². The average molecular weight is 385 g/mol. The number of benzene rings is 1. The Morgan fingerprint density at radius 2 is 2.04 bits per heavy atom. The predicted molar refractivity (Wildman–Crippen MR) is 102 cm³/mol. The lowest BCUT2D eigenvalue weighted by molar-refractivity contribution is -0.143. The Labute approximate surface area is 162 Å². The Morgan fingerprint density at radius 1 is 1.25 bits per heavy atom. The maximum absolute atomic E-state index is 11.9. The van der Waals surface area contributed by atoms with Crippen molar-refractivity contribution in [2.75, 3.05) is 6.61 Å². The highest BCUT2D eigenvalue weighted by atomic mass is 16.5. The van der Waals surface area contributed by atoms with Gasteiger partial charge in [-0.2, -0.15) is 0 Å². The Bertz CT molecular complexity index is 856. The van der Waals surface area contributed by atoms with Crippen LogP contribution in [0.15, 0.2) is 34.8 Å². The first kappa shape index (κ1) is 19.6. The number of urea groups is 1. The number of carbonyl (C=O) groups is 3. The first-order valence-corrected chi connectivity index (χ1v) is 9.32. The molecule has 0 saturated heterocycles. The Balaban J connectivity index is 1.41. The van der Waals surface area contributed by atoms with Gasteiger partial charge in [0, 0.05) is 18.2 Å². The largest absolute Gasteiger partial charge is 0.452 e. The van der Waals surface area contributed by atoms with Crippen LogP contribution >= 0.6 is 0 Å². The van der Waals surface area contributed by atoms with Gasteiger partial charge in [-0.3, -0.25) is 10.1 Å². The minimum Gasteiger partial charge on any atom is -0.452 e. The summed E-state index contributed by atoms with van der Waals surface area (Å²) in [5, 5.41) is 4.97. The van der Waals surface area contributed by atoms with Crippen LogP contribution in [0.25, 0.3) is 17.2 Å². The number of nitrogens with one attached hydrogen (secondary N) is 2. The monoisotopic (exact) mass is 385 g/mol. The zero-order valence-electron chi connectivity index (χ0n) is 15.6. The lowest BCUT2D eigenvalue weighted by atomic mass is 9.86. The molecule has 1 aromatic heterocycles. The topological polar surface area (TPSA) is 111 Å². The fourth-order valence-corrected chi connectivity index (χ4v) is 3.18. The van der Waals surface area contributed by atoms with Crippen LogP contribution in [0.4, 0.5) is 4.79 Å². The number of hydrogen-bond donors (Lipinski definition) is 2. The molecule has 0 bridgehead atoms. The highest BCUT2D eigenvalue weighted by molar-refractivity contribution is 5.96. The highest BCUT2D eigenvalue weighted by Gasteiger charge is 2.23. The van der Waals surface area contributed by atoms with Crippen molar-refractivity contribution >= 4 is 35.1 Å². The highest BCUT2D eigenvalue weighted by Crippen LogP contribution is 2.23. The molecule has 8 heteroatoms. The van der Waals surface area contributed by atoms with Crippen molar-refractivity contribution in [1.29, 1.82) is 0 Å². The van der Waals surface area contributed by atoms with Gasteiger partial charge in [0.05, 0.1) is 0 Å². The fraction of sp³-hybridized carbons (Fsp3) is 0.400. The number of imide groups is 1. The van der Waals surface area contributed by atoms with Crippen LogP contribution < -0.4 is 10.6 Å². The molecule has 2 N–H and O–H groups in total. The van der Waals surface area contributed by atoms with E-state index in [0.717, 1.165) is 31.8 Å². The van der Waals surface area contributed by atoms with Crippen LogP contribution in [0, 0.1) is 5.92 Å². The second-order valence-corrected chi connectivity index (χ2v) is 6.85. The molecule has 0 radical (unpaired) electrons. The third-order valence-electron chi connectivity index (χ3n) is 4.70. The lowest BCUT2D eigenvalue weighted by Gasteiger charge is -2.29. The molecule has 2 atom stereocenters. The van der Waals surface area contributed by atoms with Gasteiger partial charge in [-0.15, -0.1) is 0 Å². The molecule has 0 spiro atoms. The first-order chi connectivity index (χ1) is 13.5. The number of ether oxygens (including phenoxy) is 1. The summed E-state index contributed by atoms with van der Waals surface area (Å²) in [4.78, 5) is 39.6. The van der Waals surface area contributed by atoms with Crippen LogP contribution in [0.1, 0.15) is 38.5 Å². The number of nitrogens with zero attached hydrogens (tertiary/aromatic N) is 1. The van der Waals surface area contributed by atoms with E-state index in [9.17, 15) is 14.4 Å². The number of amides is 3. The minimum atomic E-state index is -0.737. The van der Waals surface area contributed by atoms with Gasteiger partial charge in [-0.1, -0.05) is 31.9 Å². The van der Waals surface area contributed by atoms with E-state index in [1.165, 1.54) is 6.08 Å². The molecule has 2 aromatic rings. The summed E-state index contributed by atoms with van der Waals surface area (Å²) in [6.07, 6.45) is 6.65. The zero-order chi connectivity index (χ0) is 19.9. The number of para-hydroxylation sites is 2. The number of carbonyl (C=O) groups excluding carboxylic acids is 3. The van der Waals surface area contributed by atoms with Gasteiger partial charge < -0.3 is 14.5 Å². The zero-order valence-corrected chi connectivity index (χ0v) is 15.6. The van der Waals surface area contributed by atoms with Gasteiger partial charge in [0.2, 0.25) is 5.89 Å². The normalized spacial score (nSPS) is 19.5. The van der Waals surface area contributed by atoms with Crippen molar-refractivity contribution in [3.63, 3.8) is 0 Å². The summed E-state index contributed by atoms with van der Waals surface area (Å²) < 4.78 is 10.3. The molecule has 1 aliphatic carbocycles. The molecule has 1 heterocycles. The molecule has 3 rings (SSSR count). The van der Waals surface area contributed by atoms with Crippen LogP contribution in [0.2, 0.25) is 0 Å². The van der Waals surface area contributed by atoms with Crippen molar-refractivity contribution in [2.24, 2.45) is 5.92 Å². The third-order valence-corrected chi connectivity index (χ3v) is 4.70. The molecule has 1 saturated carbocycles. The third kappa shape index (κ3) is 5.42. The van der Waals surface area contributed by atoms with Crippen molar-refractivity contribution in [3.05, 3.63) is 36.2 Å². The summed E-state index contributed by atoms with van der Waals surface area (Å²) >= 11 is 0. The number of rotatable bonds is 5. The molecule has 28 heavy (non-hydrogen) atoms. The molecule has 1 aromatic carbocycles. The van der Waals surface area contributed by atoms with Crippen LogP contribution in [0.5, 0.6) is 0 Å². The standard InChI is InChI=1S/C20H23N3O5/c1-13-6-2-3-7-14(13)22-20(26)23-17(24)12-27-19(25)11-10-18-21-15-8-4-5-9-16(15)28-18/h4-5,8-11,13-14H,2-3,6-7,12H2,1H3,(H2,22,23,24,26)/b11-10+/t13-,14-/m0/s1. The lowest BCUT2D eigenvalue weighted by Crippen LogP contribution is -2.48.